The lowest BCUT2D eigenvalue weighted by atomic mass is 9.77. The first-order chi connectivity index (χ1) is 26.4. The van der Waals surface area contributed by atoms with Gasteiger partial charge in [0.25, 0.3) is 16.0 Å². The number of fused-ring (bicyclic) bond motifs is 2. The molecule has 4 rings (SSSR count). The smallest absolute Gasteiger partial charge is 0.425 e. The first-order valence-electron chi connectivity index (χ1n) is 18.2. The zero-order chi connectivity index (χ0) is 42.9. The molecule has 0 aliphatic carbocycles. The lowest BCUT2D eigenvalue weighted by Gasteiger charge is -2.27. The van der Waals surface area contributed by atoms with E-state index in [2.05, 4.69) is 5.32 Å². The summed E-state index contributed by atoms with van der Waals surface area (Å²) < 4.78 is 94.5. The van der Waals surface area contributed by atoms with Crippen LogP contribution < -0.4 is 10.2 Å². The number of anilines is 1. The molecule has 0 unspecified atom stereocenters. The number of hydrogen-bond acceptors (Lipinski definition) is 12. The van der Waals surface area contributed by atoms with Crippen molar-refractivity contribution in [2.75, 3.05) is 36.0 Å². The molecule has 0 radical (unpaired) electrons. The van der Waals surface area contributed by atoms with Crippen LogP contribution in [-0.2, 0) is 46.5 Å². The molecule has 2 aliphatic rings. The number of rotatable bonds is 18. The third kappa shape index (κ3) is 12.5. The van der Waals surface area contributed by atoms with Crippen molar-refractivity contribution in [3.63, 3.8) is 0 Å². The van der Waals surface area contributed by atoms with Gasteiger partial charge in [0.15, 0.2) is 11.5 Å². The summed E-state index contributed by atoms with van der Waals surface area (Å²) in [6.45, 7) is 10.5. The van der Waals surface area contributed by atoms with Crippen LogP contribution >= 0.6 is 0 Å². The average molecular weight is 852 g/mol. The van der Waals surface area contributed by atoms with Crippen LogP contribution in [0.2, 0.25) is 0 Å². The molecule has 16 nitrogen and oxygen atoms in total. The summed E-state index contributed by atoms with van der Waals surface area (Å²) in [5.74, 6) is -2.29. The van der Waals surface area contributed by atoms with Crippen molar-refractivity contribution in [1.29, 1.82) is 0 Å². The number of carboxylic acid groups (broad SMARTS) is 1. The highest BCUT2D eigenvalue weighted by Crippen LogP contribution is 2.48. The molecule has 0 bridgehead atoms. The maximum absolute atomic E-state index is 13.3. The van der Waals surface area contributed by atoms with Gasteiger partial charge in [-0.05, 0) is 62.9 Å². The molecule has 0 saturated heterocycles. The van der Waals surface area contributed by atoms with Crippen LogP contribution in [-0.4, -0.2) is 103 Å². The second-order valence-electron chi connectivity index (χ2n) is 14.7. The number of Topliss-reactive ketones (excluding diaryl/α,β-unsaturated/α-hetero) is 1. The summed E-state index contributed by atoms with van der Waals surface area (Å²) in [7, 11) is -11.8. The van der Waals surface area contributed by atoms with E-state index in [1.54, 1.807) is 30.3 Å². The predicted molar refractivity (Wildman–Crippen MR) is 212 cm³/mol. The summed E-state index contributed by atoms with van der Waals surface area (Å²) >= 11 is 0. The number of allylic oxidation sites excluding steroid dienone is 4. The second-order valence-corrected chi connectivity index (χ2v) is 18.2. The normalized spacial score (nSPS) is 16.3. The zero-order valence-electron chi connectivity index (χ0n) is 32.5. The Morgan fingerprint density at radius 3 is 2.21 bits per heavy atom. The second kappa shape index (κ2) is 19.3. The molecular weight excluding hydrogens is 803 g/mol. The number of carbonyl (C=O) groups excluding carboxylic acids is 2. The van der Waals surface area contributed by atoms with Crippen LogP contribution in [0.25, 0.3) is 0 Å². The van der Waals surface area contributed by atoms with Crippen molar-refractivity contribution in [2.45, 2.75) is 84.0 Å². The SMILES string of the molecule is CCCC(=O)c1cccc2c1C(C)(C)C(/C=C/C=C1/N(CCCS(=O)(=O)O)c3ccc(C(=O)NCCCC(=O)O)cc3C1(C)C)=[N+]2CCCS(=O)(=O)[O-].O=S(=O)=O. The van der Waals surface area contributed by atoms with Crippen molar-refractivity contribution in [3.05, 3.63) is 82.6 Å². The average Bonchev–Trinajstić information content (AvgIpc) is 3.43. The van der Waals surface area contributed by atoms with E-state index in [0.717, 1.165) is 33.9 Å². The molecule has 0 spiro atoms. The van der Waals surface area contributed by atoms with E-state index in [1.807, 2.05) is 68.4 Å². The van der Waals surface area contributed by atoms with Crippen molar-refractivity contribution in [1.82, 2.24) is 5.32 Å². The first kappa shape index (κ1) is 46.8. The maximum Gasteiger partial charge on any atom is 0.425 e. The first-order valence-corrected chi connectivity index (χ1v) is 22.4. The Morgan fingerprint density at radius 1 is 0.947 bits per heavy atom. The third-order valence-electron chi connectivity index (χ3n) is 9.74. The maximum atomic E-state index is 13.3. The van der Waals surface area contributed by atoms with Gasteiger partial charge >= 0.3 is 16.6 Å². The summed E-state index contributed by atoms with van der Waals surface area (Å²) in [4.78, 5) is 39.1. The number of aliphatic carboxylic acids is 1. The van der Waals surface area contributed by atoms with Crippen LogP contribution in [0.15, 0.2) is 60.3 Å². The predicted octanol–water partition coefficient (Wildman–Crippen LogP) is 4.09. The number of carbonyl (C=O) groups is 3. The van der Waals surface area contributed by atoms with Gasteiger partial charge in [-0.15, -0.1) is 12.6 Å². The lowest BCUT2D eigenvalue weighted by molar-refractivity contribution is -0.437. The third-order valence-corrected chi connectivity index (χ3v) is 11.3. The largest absolute Gasteiger partial charge is 0.748 e. The van der Waals surface area contributed by atoms with E-state index in [0.29, 0.717) is 24.0 Å². The fourth-order valence-corrected chi connectivity index (χ4v) is 8.26. The van der Waals surface area contributed by atoms with Crippen molar-refractivity contribution in [3.8, 4) is 0 Å². The lowest BCUT2D eigenvalue weighted by Crippen LogP contribution is -2.30. The fraction of sp³-hybridized carbons (Fsp3) is 0.474. The van der Waals surface area contributed by atoms with Gasteiger partial charge in [0.05, 0.1) is 26.8 Å². The van der Waals surface area contributed by atoms with E-state index in [1.165, 1.54) is 0 Å². The number of nitrogens with zero attached hydrogens (tertiary/aromatic N) is 2. The molecule has 0 atom stereocenters. The molecule has 57 heavy (non-hydrogen) atoms. The Morgan fingerprint density at radius 2 is 1.61 bits per heavy atom. The minimum atomic E-state index is -4.45. The molecule has 312 valence electrons. The highest BCUT2D eigenvalue weighted by atomic mass is 32.2. The van der Waals surface area contributed by atoms with Gasteiger partial charge in [-0.3, -0.25) is 18.9 Å². The number of amides is 1. The Labute approximate surface area is 334 Å². The molecule has 19 heteroatoms. The number of ketones is 1. The Hall–Kier alpha value is -4.56. The van der Waals surface area contributed by atoms with Crippen LogP contribution in [0.1, 0.15) is 105 Å². The Balaban J connectivity index is 0.00000207. The molecule has 2 aromatic carbocycles. The summed E-state index contributed by atoms with van der Waals surface area (Å²) in [5, 5.41) is 11.7. The van der Waals surface area contributed by atoms with Gasteiger partial charge in [0.1, 0.15) is 6.54 Å². The van der Waals surface area contributed by atoms with Crippen molar-refractivity contribution in [2.24, 2.45) is 0 Å². The highest BCUT2D eigenvalue weighted by molar-refractivity contribution is 7.85. The highest BCUT2D eigenvalue weighted by Gasteiger charge is 2.47. The van der Waals surface area contributed by atoms with E-state index >= 15 is 0 Å². The van der Waals surface area contributed by atoms with E-state index in [-0.39, 0.29) is 57.0 Å². The van der Waals surface area contributed by atoms with E-state index in [4.69, 9.17) is 17.7 Å². The van der Waals surface area contributed by atoms with Gasteiger partial charge in [-0.2, -0.15) is 13.0 Å². The minimum Gasteiger partial charge on any atom is -0.748 e. The number of carboxylic acids is 1. The summed E-state index contributed by atoms with van der Waals surface area (Å²) in [6.07, 6.45) is 7.10. The molecule has 1 amide bonds. The van der Waals surface area contributed by atoms with E-state index in [9.17, 15) is 40.3 Å². The van der Waals surface area contributed by atoms with Gasteiger partial charge in [-0.25, -0.2) is 8.42 Å². The standard InChI is InChI=1S/C38H49N3O10S2.O3S/c1-6-12-31(42)27-13-7-14-30-35(27)38(4,5)33(41(30)22-11-24-53(49,50)51)16-8-15-32-37(2,3)28-25-26(36(45)39-20-9-17-34(43)44)18-19-29(28)40(32)21-10-23-52(46,47)48;1-4(2)3/h7-8,13-16,18-19,25H,6,9-12,17,20-24H2,1-5H3,(H3-,39,43,44,45,46,47,48,49,50,51);. The van der Waals surface area contributed by atoms with Gasteiger partial charge in [-0.1, -0.05) is 39.0 Å². The number of hydrogen-bond donors (Lipinski definition) is 3. The fourth-order valence-electron chi connectivity index (χ4n) is 7.29. The van der Waals surface area contributed by atoms with Gasteiger partial charge in [0.2, 0.25) is 5.69 Å². The monoisotopic (exact) mass is 851 g/mol. The molecular formula is C38H49N3O13S3. The summed E-state index contributed by atoms with van der Waals surface area (Å²) in [6, 6.07) is 10.7. The van der Waals surface area contributed by atoms with Crippen molar-refractivity contribution >= 4 is 65.6 Å². The molecule has 0 aromatic heterocycles. The molecule has 0 saturated carbocycles. The zero-order valence-corrected chi connectivity index (χ0v) is 34.9. The topological polar surface area (TPSA) is 252 Å². The van der Waals surface area contributed by atoms with Crippen LogP contribution in [0.5, 0.6) is 0 Å². The van der Waals surface area contributed by atoms with Gasteiger partial charge in [0, 0.05) is 78.2 Å². The Bertz CT molecular complexity index is 2310. The number of nitrogens with one attached hydrogen (secondary N) is 1. The number of benzene rings is 2. The Kier molecular flexibility index (Phi) is 15.8. The van der Waals surface area contributed by atoms with Crippen LogP contribution in [0.4, 0.5) is 11.4 Å². The minimum absolute atomic E-state index is 0.00572. The van der Waals surface area contributed by atoms with Crippen LogP contribution in [0.3, 0.4) is 0 Å². The van der Waals surface area contributed by atoms with Crippen LogP contribution in [0, 0.1) is 0 Å². The molecule has 2 aromatic rings. The quantitative estimate of drug-likeness (QED) is 0.0827. The summed E-state index contributed by atoms with van der Waals surface area (Å²) in [5.41, 5.74) is 4.34. The molecule has 0 fully saturated rings. The molecule has 2 aliphatic heterocycles. The van der Waals surface area contributed by atoms with E-state index < -0.39 is 59.1 Å². The molecule has 3 N–H and O–H groups in total. The van der Waals surface area contributed by atoms with Crippen molar-refractivity contribution < 1.29 is 62.6 Å². The van der Waals surface area contributed by atoms with Gasteiger partial charge < -0.3 is 19.9 Å². The molecule has 2 heterocycles.